The molecule has 0 saturated carbocycles. The zero-order chi connectivity index (χ0) is 20.2. The van der Waals surface area contributed by atoms with Crippen LogP contribution >= 0.6 is 0 Å². The van der Waals surface area contributed by atoms with Crippen molar-refractivity contribution in [2.24, 2.45) is 7.05 Å². The molecule has 0 fully saturated rings. The first-order valence-electron chi connectivity index (χ1n) is 9.63. The normalized spacial score (nSPS) is 15.5. The van der Waals surface area contributed by atoms with Crippen molar-refractivity contribution in [2.45, 2.75) is 17.7 Å². The summed E-state index contributed by atoms with van der Waals surface area (Å²) in [6.07, 6.45) is 3.03. The van der Waals surface area contributed by atoms with Crippen LogP contribution in [0.3, 0.4) is 0 Å². The lowest BCUT2D eigenvalue weighted by Gasteiger charge is -2.18. The lowest BCUT2D eigenvalue weighted by Crippen LogP contribution is -2.30. The van der Waals surface area contributed by atoms with Gasteiger partial charge in [-0.2, -0.15) is 0 Å². The van der Waals surface area contributed by atoms with Gasteiger partial charge < -0.3 is 9.47 Å². The van der Waals surface area contributed by atoms with E-state index < -0.39 is 10.0 Å². The minimum atomic E-state index is -3.73. The maximum Gasteiger partial charge on any atom is 0.274 e. The Hall–Kier alpha value is -3.06. The van der Waals surface area contributed by atoms with E-state index in [1.54, 1.807) is 16.5 Å². The third-order valence-corrected chi connectivity index (χ3v) is 7.54. The number of carbonyl (C=O) groups is 1. The predicted molar refractivity (Wildman–Crippen MR) is 112 cm³/mol. The van der Waals surface area contributed by atoms with Gasteiger partial charge in [0.25, 0.3) is 15.9 Å². The van der Waals surface area contributed by atoms with Crippen LogP contribution in [-0.4, -0.2) is 32.0 Å². The van der Waals surface area contributed by atoms with Crippen LogP contribution in [0.4, 0.5) is 11.4 Å². The molecule has 0 saturated heterocycles. The Kier molecular flexibility index (Phi) is 4.03. The molecule has 3 heterocycles. The number of amides is 1. The van der Waals surface area contributed by atoms with Crippen molar-refractivity contribution >= 4 is 27.3 Å². The minimum Gasteiger partial charge on any atom is -0.345 e. The van der Waals surface area contributed by atoms with E-state index in [1.807, 2.05) is 48.5 Å². The average molecular weight is 407 g/mol. The summed E-state index contributed by atoms with van der Waals surface area (Å²) in [5, 5.41) is 0. The van der Waals surface area contributed by atoms with Crippen molar-refractivity contribution in [3.63, 3.8) is 0 Å². The molecule has 0 atom stereocenters. The van der Waals surface area contributed by atoms with Crippen molar-refractivity contribution in [3.8, 4) is 0 Å². The fourth-order valence-electron chi connectivity index (χ4n) is 4.26. The van der Waals surface area contributed by atoms with Gasteiger partial charge in [-0.3, -0.25) is 9.10 Å². The number of hydrogen-bond donors (Lipinski definition) is 0. The van der Waals surface area contributed by atoms with E-state index >= 15 is 0 Å². The molecule has 0 radical (unpaired) electrons. The second-order valence-corrected chi connectivity index (χ2v) is 9.33. The summed E-state index contributed by atoms with van der Waals surface area (Å²) in [7, 11) is -2.02. The first-order valence-corrected chi connectivity index (χ1v) is 11.1. The predicted octanol–water partition coefficient (Wildman–Crippen LogP) is 2.98. The van der Waals surface area contributed by atoms with Gasteiger partial charge in [-0.1, -0.05) is 36.4 Å². The number of para-hydroxylation sites is 2. The van der Waals surface area contributed by atoms with E-state index in [-0.39, 0.29) is 10.8 Å². The molecule has 0 spiro atoms. The van der Waals surface area contributed by atoms with Crippen molar-refractivity contribution < 1.29 is 13.2 Å². The molecule has 7 heteroatoms. The Morgan fingerprint density at radius 1 is 0.897 bits per heavy atom. The summed E-state index contributed by atoms with van der Waals surface area (Å²) in [6.45, 7) is 1.02. The highest BCUT2D eigenvalue weighted by Gasteiger charge is 2.33. The smallest absolute Gasteiger partial charge is 0.274 e. The van der Waals surface area contributed by atoms with E-state index in [0.717, 1.165) is 28.9 Å². The number of carbonyl (C=O) groups excluding carboxylic acids is 1. The number of rotatable bonds is 3. The number of benzene rings is 2. The SMILES string of the molecule is Cn1cc(S(=O)(=O)N2CCc3ccccc32)cc1C(=O)N1CCc2ccccc21. The zero-order valence-electron chi connectivity index (χ0n) is 16.1. The van der Waals surface area contributed by atoms with Gasteiger partial charge in [0.1, 0.15) is 10.6 Å². The highest BCUT2D eigenvalue weighted by molar-refractivity contribution is 7.92. The van der Waals surface area contributed by atoms with Gasteiger partial charge in [0.05, 0.1) is 5.69 Å². The lowest BCUT2D eigenvalue weighted by atomic mass is 10.2. The van der Waals surface area contributed by atoms with E-state index in [1.165, 1.54) is 16.6 Å². The van der Waals surface area contributed by atoms with Crippen molar-refractivity contribution in [3.05, 3.63) is 77.6 Å². The number of hydrogen-bond acceptors (Lipinski definition) is 3. The van der Waals surface area contributed by atoms with Crippen LogP contribution in [-0.2, 0) is 29.9 Å². The highest BCUT2D eigenvalue weighted by atomic mass is 32.2. The third kappa shape index (κ3) is 2.76. The minimum absolute atomic E-state index is 0.146. The molecule has 148 valence electrons. The Balaban J connectivity index is 1.49. The fraction of sp³-hybridized carbons (Fsp3) is 0.227. The van der Waals surface area contributed by atoms with Gasteiger partial charge in [0.2, 0.25) is 0 Å². The first kappa shape index (κ1) is 18.0. The topological polar surface area (TPSA) is 62.6 Å². The van der Waals surface area contributed by atoms with Crippen LogP contribution in [0.1, 0.15) is 21.6 Å². The monoisotopic (exact) mass is 407 g/mol. The second kappa shape index (κ2) is 6.49. The maximum absolute atomic E-state index is 13.3. The molecule has 29 heavy (non-hydrogen) atoms. The van der Waals surface area contributed by atoms with Gasteiger partial charge in [0.15, 0.2) is 0 Å². The zero-order valence-corrected chi connectivity index (χ0v) is 16.9. The lowest BCUT2D eigenvalue weighted by molar-refractivity contribution is 0.0981. The molecule has 2 aliphatic rings. The number of nitrogens with zero attached hydrogens (tertiary/aromatic N) is 3. The molecule has 0 aliphatic carbocycles. The van der Waals surface area contributed by atoms with Crippen molar-refractivity contribution in [2.75, 3.05) is 22.3 Å². The Labute approximate surface area is 170 Å². The average Bonchev–Trinajstić information content (AvgIpc) is 3.44. The van der Waals surface area contributed by atoms with E-state index in [0.29, 0.717) is 25.2 Å². The van der Waals surface area contributed by atoms with Crippen LogP contribution in [0.2, 0.25) is 0 Å². The number of aryl methyl sites for hydroxylation is 1. The Morgan fingerprint density at radius 3 is 2.28 bits per heavy atom. The van der Waals surface area contributed by atoms with E-state index in [2.05, 4.69) is 0 Å². The number of aromatic nitrogens is 1. The van der Waals surface area contributed by atoms with Gasteiger partial charge in [-0.15, -0.1) is 0 Å². The van der Waals surface area contributed by atoms with Crippen LogP contribution < -0.4 is 9.21 Å². The molecule has 5 rings (SSSR count). The third-order valence-electron chi connectivity index (χ3n) is 5.76. The first-order chi connectivity index (χ1) is 14.0. The van der Waals surface area contributed by atoms with Crippen LogP contribution in [0, 0.1) is 0 Å². The molecular formula is C22H21N3O3S. The summed E-state index contributed by atoms with van der Waals surface area (Å²) in [4.78, 5) is 15.1. The molecule has 6 nitrogen and oxygen atoms in total. The van der Waals surface area contributed by atoms with Crippen molar-refractivity contribution in [1.29, 1.82) is 0 Å². The van der Waals surface area contributed by atoms with E-state index in [9.17, 15) is 13.2 Å². The second-order valence-electron chi connectivity index (χ2n) is 7.46. The number of sulfonamides is 1. The molecule has 0 N–H and O–H groups in total. The van der Waals surface area contributed by atoms with Crippen molar-refractivity contribution in [1.82, 2.24) is 4.57 Å². The number of anilines is 2. The fourth-order valence-corrected chi connectivity index (χ4v) is 5.84. The maximum atomic E-state index is 13.3. The molecule has 3 aromatic rings. The van der Waals surface area contributed by atoms with Crippen LogP contribution in [0.25, 0.3) is 0 Å². The Bertz CT molecular complexity index is 1230. The van der Waals surface area contributed by atoms with Gasteiger partial charge >= 0.3 is 0 Å². The largest absolute Gasteiger partial charge is 0.345 e. The molecule has 0 unspecified atom stereocenters. The number of fused-ring (bicyclic) bond motifs is 2. The summed E-state index contributed by atoms with van der Waals surface area (Å²) >= 11 is 0. The summed E-state index contributed by atoms with van der Waals surface area (Å²) in [5.74, 6) is -0.180. The Morgan fingerprint density at radius 2 is 1.52 bits per heavy atom. The summed E-state index contributed by atoms with van der Waals surface area (Å²) < 4.78 is 29.6. The highest BCUT2D eigenvalue weighted by Crippen LogP contribution is 2.34. The van der Waals surface area contributed by atoms with Gasteiger partial charge in [-0.05, 0) is 42.2 Å². The molecule has 1 aromatic heterocycles. The molecule has 1 amide bonds. The molecule has 2 aliphatic heterocycles. The quantitative estimate of drug-likeness (QED) is 0.671. The van der Waals surface area contributed by atoms with Crippen LogP contribution in [0.5, 0.6) is 0 Å². The standard InChI is InChI=1S/C22H21N3O3S/c1-23-15-18(29(27,28)25-13-11-17-7-3-5-9-20(17)25)14-21(23)22(26)24-12-10-16-6-2-4-8-19(16)24/h2-9,14-15H,10-13H2,1H3. The van der Waals surface area contributed by atoms with Gasteiger partial charge in [0, 0.05) is 32.0 Å². The van der Waals surface area contributed by atoms with Crippen LogP contribution in [0.15, 0.2) is 65.7 Å². The van der Waals surface area contributed by atoms with E-state index in [4.69, 9.17) is 0 Å². The summed E-state index contributed by atoms with van der Waals surface area (Å²) in [5.41, 5.74) is 4.15. The molecule has 2 aromatic carbocycles. The molecule has 0 bridgehead atoms. The van der Waals surface area contributed by atoms with Gasteiger partial charge in [-0.25, -0.2) is 8.42 Å². The summed E-state index contributed by atoms with van der Waals surface area (Å²) in [6, 6.07) is 16.9. The molecular weight excluding hydrogens is 386 g/mol.